The molecule has 2 unspecified atom stereocenters. The molecule has 0 radical (unpaired) electrons. The summed E-state index contributed by atoms with van der Waals surface area (Å²) in [7, 11) is 0. The van der Waals surface area contributed by atoms with Crippen LogP contribution < -0.4 is 5.56 Å². The van der Waals surface area contributed by atoms with Gasteiger partial charge >= 0.3 is 0 Å². The Morgan fingerprint density at radius 1 is 1.07 bits per heavy atom. The van der Waals surface area contributed by atoms with Gasteiger partial charge in [0, 0.05) is 22.1 Å². The van der Waals surface area contributed by atoms with Crippen LogP contribution in [0.5, 0.6) is 0 Å². The highest BCUT2D eigenvalue weighted by Crippen LogP contribution is 2.43. The van der Waals surface area contributed by atoms with E-state index in [1.807, 2.05) is 17.8 Å². The minimum Gasteiger partial charge on any atom is -0.310 e. The first kappa shape index (κ1) is 18.5. The molecule has 4 aromatic rings. The van der Waals surface area contributed by atoms with Crippen LogP contribution in [0.4, 0.5) is 0 Å². The highest BCUT2D eigenvalue weighted by atomic mass is 32.2. The van der Waals surface area contributed by atoms with Gasteiger partial charge < -0.3 is 4.57 Å². The molecule has 0 N–H and O–H groups in total. The third-order valence-electron chi connectivity index (χ3n) is 5.15. The van der Waals surface area contributed by atoms with Crippen molar-refractivity contribution in [3.8, 4) is 0 Å². The first-order chi connectivity index (χ1) is 14.2. The quantitative estimate of drug-likeness (QED) is 0.441. The summed E-state index contributed by atoms with van der Waals surface area (Å²) in [5.74, 6) is 0.885. The van der Waals surface area contributed by atoms with Gasteiger partial charge in [-0.25, -0.2) is 0 Å². The van der Waals surface area contributed by atoms with Crippen molar-refractivity contribution in [2.75, 3.05) is 5.75 Å². The molecule has 1 aliphatic heterocycles. The summed E-state index contributed by atoms with van der Waals surface area (Å²) in [6.45, 7) is 2.11. The van der Waals surface area contributed by atoms with E-state index in [0.717, 1.165) is 16.4 Å². The van der Waals surface area contributed by atoms with Crippen LogP contribution >= 0.6 is 23.5 Å². The Balaban J connectivity index is 1.68. The van der Waals surface area contributed by atoms with Gasteiger partial charge in [0.1, 0.15) is 0 Å². The van der Waals surface area contributed by atoms with E-state index in [-0.39, 0.29) is 11.6 Å². The molecule has 0 bridgehead atoms. The van der Waals surface area contributed by atoms with Crippen molar-refractivity contribution >= 4 is 34.4 Å². The summed E-state index contributed by atoms with van der Waals surface area (Å²) in [5.41, 5.74) is 3.14. The SMILES string of the molecule is Cc1ccc(SC2CSc3nc(=O)c4ccncc4n3C2c2ccccc2)cc1. The second-order valence-electron chi connectivity index (χ2n) is 7.10. The van der Waals surface area contributed by atoms with Crippen molar-refractivity contribution in [2.24, 2.45) is 0 Å². The average molecular weight is 418 g/mol. The fraction of sp³-hybridized carbons (Fsp3) is 0.174. The molecule has 4 nitrogen and oxygen atoms in total. The molecule has 0 amide bonds. The molecule has 29 heavy (non-hydrogen) atoms. The second-order valence-corrected chi connectivity index (χ2v) is 9.40. The molecule has 2 atom stereocenters. The fourth-order valence-electron chi connectivity index (χ4n) is 3.75. The molecule has 2 aromatic carbocycles. The van der Waals surface area contributed by atoms with Gasteiger partial charge in [-0.15, -0.1) is 11.8 Å². The van der Waals surface area contributed by atoms with Gasteiger partial charge in [-0.1, -0.05) is 59.8 Å². The number of aromatic nitrogens is 3. The van der Waals surface area contributed by atoms with Gasteiger partial charge in [0.15, 0.2) is 5.16 Å². The molecule has 3 heterocycles. The summed E-state index contributed by atoms with van der Waals surface area (Å²) in [6, 6.07) is 21.0. The van der Waals surface area contributed by atoms with Crippen LogP contribution in [0.15, 0.2) is 87.9 Å². The zero-order valence-electron chi connectivity index (χ0n) is 15.9. The maximum atomic E-state index is 12.5. The number of hydrogen-bond acceptors (Lipinski definition) is 5. The van der Waals surface area contributed by atoms with Gasteiger partial charge in [0.25, 0.3) is 5.56 Å². The van der Waals surface area contributed by atoms with E-state index in [4.69, 9.17) is 0 Å². The van der Waals surface area contributed by atoms with E-state index in [0.29, 0.717) is 10.6 Å². The van der Waals surface area contributed by atoms with Crippen molar-refractivity contribution in [1.29, 1.82) is 0 Å². The lowest BCUT2D eigenvalue weighted by Gasteiger charge is -2.35. The first-order valence-corrected chi connectivity index (χ1v) is 11.3. The van der Waals surface area contributed by atoms with Gasteiger partial charge in [-0.05, 0) is 30.7 Å². The molecule has 0 spiro atoms. The van der Waals surface area contributed by atoms with Gasteiger partial charge in [0.2, 0.25) is 0 Å². The number of benzene rings is 2. The Kier molecular flexibility index (Phi) is 4.89. The third kappa shape index (κ3) is 3.47. The monoisotopic (exact) mass is 417 g/mol. The highest BCUT2D eigenvalue weighted by Gasteiger charge is 2.33. The lowest BCUT2D eigenvalue weighted by Crippen LogP contribution is -2.33. The van der Waals surface area contributed by atoms with Crippen LogP contribution in [-0.2, 0) is 0 Å². The lowest BCUT2D eigenvalue weighted by molar-refractivity contribution is 0.523. The Labute approximate surface area is 177 Å². The lowest BCUT2D eigenvalue weighted by atomic mass is 10.0. The van der Waals surface area contributed by atoms with Crippen LogP contribution in [0.25, 0.3) is 10.9 Å². The number of nitrogens with zero attached hydrogens (tertiary/aromatic N) is 3. The minimum atomic E-state index is -0.183. The van der Waals surface area contributed by atoms with E-state index >= 15 is 0 Å². The number of rotatable bonds is 3. The van der Waals surface area contributed by atoms with E-state index in [2.05, 4.69) is 70.0 Å². The van der Waals surface area contributed by atoms with Gasteiger partial charge in [-0.3, -0.25) is 9.78 Å². The van der Waals surface area contributed by atoms with E-state index < -0.39 is 0 Å². The number of aryl methyl sites for hydroxylation is 1. The molecule has 5 rings (SSSR count). The largest absolute Gasteiger partial charge is 0.310 e. The molecule has 0 aliphatic carbocycles. The third-order valence-corrected chi connectivity index (χ3v) is 7.70. The summed E-state index contributed by atoms with van der Waals surface area (Å²) < 4.78 is 2.21. The topological polar surface area (TPSA) is 47.8 Å². The Hall–Kier alpha value is -2.57. The number of fused-ring (bicyclic) bond motifs is 3. The number of thioether (sulfide) groups is 2. The maximum Gasteiger partial charge on any atom is 0.281 e. The van der Waals surface area contributed by atoms with Crippen molar-refractivity contribution < 1.29 is 0 Å². The highest BCUT2D eigenvalue weighted by molar-refractivity contribution is 8.03. The smallest absolute Gasteiger partial charge is 0.281 e. The summed E-state index contributed by atoms with van der Waals surface area (Å²) in [4.78, 5) is 22.5. The summed E-state index contributed by atoms with van der Waals surface area (Å²) in [6.07, 6.45) is 3.45. The van der Waals surface area contributed by atoms with E-state index in [1.165, 1.54) is 16.0 Å². The van der Waals surface area contributed by atoms with E-state index in [1.54, 1.807) is 30.2 Å². The minimum absolute atomic E-state index is 0.0681. The fourth-order valence-corrected chi connectivity index (χ4v) is 6.27. The van der Waals surface area contributed by atoms with Crippen LogP contribution in [0.2, 0.25) is 0 Å². The molecule has 0 saturated heterocycles. The second kappa shape index (κ2) is 7.69. The molecule has 144 valence electrons. The zero-order valence-corrected chi connectivity index (χ0v) is 17.5. The maximum absolute atomic E-state index is 12.5. The predicted octanol–water partition coefficient (Wildman–Crippen LogP) is 4.96. The molecular formula is C23H19N3OS2. The molecule has 6 heteroatoms. The van der Waals surface area contributed by atoms with Crippen LogP contribution in [0, 0.1) is 6.92 Å². The summed E-state index contributed by atoms with van der Waals surface area (Å²) in [5, 5.41) is 1.68. The van der Waals surface area contributed by atoms with Crippen molar-refractivity contribution in [1.82, 2.24) is 14.5 Å². The van der Waals surface area contributed by atoms with Crippen molar-refractivity contribution in [3.05, 3.63) is 94.5 Å². The molecule has 2 aromatic heterocycles. The zero-order chi connectivity index (χ0) is 19.8. The van der Waals surface area contributed by atoms with Crippen LogP contribution in [0.3, 0.4) is 0 Å². The standard InChI is InChI=1S/C23H19N3OS2/c1-15-7-9-17(10-8-15)29-20-14-28-23-25-22(27)18-11-12-24-13-19(18)26(23)21(20)16-5-3-2-4-6-16/h2-13,20-21H,14H2,1H3. The van der Waals surface area contributed by atoms with E-state index in [9.17, 15) is 4.79 Å². The molecule has 1 aliphatic rings. The average Bonchev–Trinajstić information content (AvgIpc) is 2.76. The van der Waals surface area contributed by atoms with Crippen LogP contribution in [-0.4, -0.2) is 25.5 Å². The number of pyridine rings is 1. The predicted molar refractivity (Wildman–Crippen MR) is 120 cm³/mol. The van der Waals surface area contributed by atoms with Gasteiger partial charge in [0.05, 0.1) is 23.1 Å². The normalized spacial score (nSPS) is 18.5. The Morgan fingerprint density at radius 3 is 2.66 bits per heavy atom. The Morgan fingerprint density at radius 2 is 1.86 bits per heavy atom. The molecular weight excluding hydrogens is 398 g/mol. The molecule has 0 fully saturated rings. The molecule has 0 saturated carbocycles. The first-order valence-electron chi connectivity index (χ1n) is 9.48. The van der Waals surface area contributed by atoms with Crippen molar-refractivity contribution in [2.45, 2.75) is 28.3 Å². The van der Waals surface area contributed by atoms with Crippen LogP contribution in [0.1, 0.15) is 17.2 Å². The van der Waals surface area contributed by atoms with Gasteiger partial charge in [-0.2, -0.15) is 4.98 Å². The Bertz CT molecular complexity index is 1220. The summed E-state index contributed by atoms with van der Waals surface area (Å²) >= 11 is 3.53. The van der Waals surface area contributed by atoms with Crippen molar-refractivity contribution in [3.63, 3.8) is 0 Å². The number of hydrogen-bond donors (Lipinski definition) is 0.